The highest BCUT2D eigenvalue weighted by molar-refractivity contribution is 5.85. The summed E-state index contributed by atoms with van der Waals surface area (Å²) in [6.45, 7) is 0.778. The molecule has 1 aliphatic heterocycles. The average Bonchev–Trinajstić information content (AvgIpc) is 3.23. The maximum atomic E-state index is 12.8. The highest BCUT2D eigenvalue weighted by atomic mass is 19.4. The Balaban J connectivity index is 1.72. The summed E-state index contributed by atoms with van der Waals surface area (Å²) in [6.07, 6.45) is -0.545. The summed E-state index contributed by atoms with van der Waals surface area (Å²) in [5.41, 5.74) is -0.602. The molecule has 3 heterocycles. The van der Waals surface area contributed by atoms with Crippen LogP contribution in [0.2, 0.25) is 0 Å². The lowest BCUT2D eigenvalue weighted by Crippen LogP contribution is -2.43. The van der Waals surface area contributed by atoms with Gasteiger partial charge in [0, 0.05) is 18.4 Å². The first kappa shape index (κ1) is 16.4. The molecule has 1 aliphatic rings. The van der Waals surface area contributed by atoms with Crippen molar-refractivity contribution in [2.45, 2.75) is 31.6 Å². The second-order valence-corrected chi connectivity index (χ2v) is 5.55. The molecule has 0 saturated carbocycles. The van der Waals surface area contributed by atoms with Crippen LogP contribution in [0.15, 0.2) is 41.1 Å². The van der Waals surface area contributed by atoms with Crippen LogP contribution >= 0.6 is 0 Å². The van der Waals surface area contributed by atoms with Gasteiger partial charge in [-0.3, -0.25) is 9.78 Å². The average molecular weight is 339 g/mol. The molecule has 128 valence electrons. The smallest absolute Gasteiger partial charge is 0.433 e. The first-order chi connectivity index (χ1) is 11.4. The van der Waals surface area contributed by atoms with Gasteiger partial charge in [0.05, 0.1) is 12.8 Å². The van der Waals surface area contributed by atoms with Gasteiger partial charge in [0.1, 0.15) is 17.5 Å². The quantitative estimate of drug-likeness (QED) is 0.930. The Kier molecular flexibility index (Phi) is 4.46. The first-order valence-electron chi connectivity index (χ1n) is 7.55. The van der Waals surface area contributed by atoms with Gasteiger partial charge in [-0.05, 0) is 37.1 Å². The Morgan fingerprint density at radius 3 is 2.96 bits per heavy atom. The number of hydrogen-bond acceptors (Lipinski definition) is 4. The Bertz CT molecular complexity index is 701. The van der Waals surface area contributed by atoms with E-state index in [2.05, 4.69) is 10.3 Å². The molecule has 1 N–H and O–H groups in total. The molecule has 1 saturated heterocycles. The number of alkyl halides is 3. The van der Waals surface area contributed by atoms with Gasteiger partial charge in [-0.25, -0.2) is 0 Å². The van der Waals surface area contributed by atoms with E-state index in [-0.39, 0.29) is 12.5 Å². The van der Waals surface area contributed by atoms with Crippen LogP contribution in [-0.4, -0.2) is 23.5 Å². The number of furan rings is 1. The Morgan fingerprint density at radius 2 is 2.25 bits per heavy atom. The van der Waals surface area contributed by atoms with Crippen molar-refractivity contribution in [3.8, 4) is 0 Å². The lowest BCUT2D eigenvalue weighted by molar-refractivity contribution is -0.141. The zero-order chi connectivity index (χ0) is 17.2. The van der Waals surface area contributed by atoms with Crippen LogP contribution < -0.4 is 10.2 Å². The summed E-state index contributed by atoms with van der Waals surface area (Å²) < 4.78 is 43.6. The van der Waals surface area contributed by atoms with E-state index in [1.807, 2.05) is 0 Å². The number of halogens is 3. The van der Waals surface area contributed by atoms with Crippen molar-refractivity contribution in [1.29, 1.82) is 0 Å². The molecule has 0 aromatic carbocycles. The van der Waals surface area contributed by atoms with E-state index >= 15 is 0 Å². The molecule has 1 fully saturated rings. The van der Waals surface area contributed by atoms with Crippen LogP contribution in [0.3, 0.4) is 0 Å². The number of hydrogen-bond donors (Lipinski definition) is 1. The summed E-state index contributed by atoms with van der Waals surface area (Å²) in [5.74, 6) is 0.394. The van der Waals surface area contributed by atoms with E-state index in [4.69, 9.17) is 4.42 Å². The molecule has 0 unspecified atom stereocenters. The molecule has 1 atom stereocenters. The Hall–Kier alpha value is -2.51. The number of anilines is 1. The van der Waals surface area contributed by atoms with Gasteiger partial charge in [0.25, 0.3) is 0 Å². The molecule has 24 heavy (non-hydrogen) atoms. The molecule has 5 nitrogen and oxygen atoms in total. The van der Waals surface area contributed by atoms with E-state index in [1.54, 1.807) is 17.0 Å². The van der Waals surface area contributed by atoms with Gasteiger partial charge >= 0.3 is 6.18 Å². The third-order valence-corrected chi connectivity index (χ3v) is 3.94. The van der Waals surface area contributed by atoms with Crippen molar-refractivity contribution in [2.75, 3.05) is 11.4 Å². The number of carbonyl (C=O) groups is 1. The highest BCUT2D eigenvalue weighted by Crippen LogP contribution is 2.32. The van der Waals surface area contributed by atoms with Crippen LogP contribution in [0, 0.1) is 0 Å². The lowest BCUT2D eigenvalue weighted by atomic mass is 10.2. The van der Waals surface area contributed by atoms with Crippen molar-refractivity contribution in [3.05, 3.63) is 48.2 Å². The molecule has 0 bridgehead atoms. The van der Waals surface area contributed by atoms with Gasteiger partial charge in [-0.15, -0.1) is 0 Å². The van der Waals surface area contributed by atoms with Crippen LogP contribution in [0.4, 0.5) is 18.9 Å². The summed E-state index contributed by atoms with van der Waals surface area (Å²) in [7, 11) is 0. The summed E-state index contributed by atoms with van der Waals surface area (Å²) in [6, 6.07) is 5.44. The minimum Gasteiger partial charge on any atom is -0.467 e. The fourth-order valence-electron chi connectivity index (χ4n) is 2.81. The fourth-order valence-corrected chi connectivity index (χ4v) is 2.81. The number of aromatic nitrogens is 1. The second kappa shape index (κ2) is 6.54. The lowest BCUT2D eigenvalue weighted by Gasteiger charge is -2.26. The molecule has 0 spiro atoms. The summed E-state index contributed by atoms with van der Waals surface area (Å²) in [4.78, 5) is 17.4. The summed E-state index contributed by atoms with van der Waals surface area (Å²) >= 11 is 0. The largest absolute Gasteiger partial charge is 0.467 e. The minimum absolute atomic E-state index is 0.228. The molecule has 0 aliphatic carbocycles. The van der Waals surface area contributed by atoms with Gasteiger partial charge < -0.3 is 14.6 Å². The second-order valence-electron chi connectivity index (χ2n) is 5.55. The fraction of sp³-hybridized carbons (Fsp3) is 0.375. The maximum absolute atomic E-state index is 12.8. The van der Waals surface area contributed by atoms with Crippen molar-refractivity contribution in [1.82, 2.24) is 10.3 Å². The molecule has 1 amide bonds. The zero-order valence-electron chi connectivity index (χ0n) is 12.7. The van der Waals surface area contributed by atoms with Gasteiger partial charge in [0.2, 0.25) is 5.91 Å². The molecule has 0 radical (unpaired) electrons. The monoisotopic (exact) mass is 339 g/mol. The van der Waals surface area contributed by atoms with E-state index in [0.717, 1.165) is 18.7 Å². The molecule has 3 rings (SSSR count). The van der Waals surface area contributed by atoms with Gasteiger partial charge in [0.15, 0.2) is 0 Å². The molecular formula is C16H16F3N3O2. The number of pyridine rings is 1. The van der Waals surface area contributed by atoms with Crippen molar-refractivity contribution < 1.29 is 22.4 Å². The van der Waals surface area contributed by atoms with Crippen molar-refractivity contribution in [2.24, 2.45) is 0 Å². The number of rotatable bonds is 4. The molecule has 2 aromatic rings. The first-order valence-corrected chi connectivity index (χ1v) is 7.55. The SMILES string of the molecule is O=C(NCc1ccco1)[C@H]1CCCN1c1ccnc(C(F)(F)F)c1. The van der Waals surface area contributed by atoms with Crippen LogP contribution in [-0.2, 0) is 17.5 Å². The number of nitrogens with one attached hydrogen (secondary N) is 1. The van der Waals surface area contributed by atoms with Crippen LogP contribution in [0.5, 0.6) is 0 Å². The van der Waals surface area contributed by atoms with Gasteiger partial charge in [-0.2, -0.15) is 13.2 Å². The Morgan fingerprint density at radius 1 is 1.42 bits per heavy atom. The van der Waals surface area contributed by atoms with E-state index in [1.165, 1.54) is 12.3 Å². The Labute approximate surface area is 136 Å². The van der Waals surface area contributed by atoms with Crippen LogP contribution in [0.1, 0.15) is 24.3 Å². The predicted octanol–water partition coefficient (Wildman–Crippen LogP) is 2.98. The van der Waals surface area contributed by atoms with Crippen LogP contribution in [0.25, 0.3) is 0 Å². The maximum Gasteiger partial charge on any atom is 0.433 e. The normalized spacial score (nSPS) is 18.0. The van der Waals surface area contributed by atoms with E-state index < -0.39 is 17.9 Å². The van der Waals surface area contributed by atoms with E-state index in [0.29, 0.717) is 24.4 Å². The van der Waals surface area contributed by atoms with E-state index in [9.17, 15) is 18.0 Å². The van der Waals surface area contributed by atoms with Gasteiger partial charge in [-0.1, -0.05) is 0 Å². The third-order valence-electron chi connectivity index (χ3n) is 3.94. The molecule has 2 aromatic heterocycles. The molecular weight excluding hydrogens is 323 g/mol. The standard InChI is InChI=1S/C16H16F3N3O2/c17-16(18,19)14-9-11(5-6-20-14)22-7-1-4-13(22)15(23)21-10-12-3-2-8-24-12/h2-3,5-6,8-9,13H,1,4,7,10H2,(H,21,23)/t13-/m1/s1. The number of nitrogens with zero attached hydrogens (tertiary/aromatic N) is 2. The molecule has 8 heteroatoms. The van der Waals surface area contributed by atoms with Crippen molar-refractivity contribution >= 4 is 11.6 Å². The third kappa shape index (κ3) is 3.52. The zero-order valence-corrected chi connectivity index (χ0v) is 12.7. The topological polar surface area (TPSA) is 58.4 Å². The van der Waals surface area contributed by atoms with Crippen molar-refractivity contribution in [3.63, 3.8) is 0 Å². The predicted molar refractivity (Wildman–Crippen MR) is 80.2 cm³/mol. The minimum atomic E-state index is -4.51. The number of carbonyl (C=O) groups excluding carboxylic acids is 1. The highest BCUT2D eigenvalue weighted by Gasteiger charge is 2.35. The number of amides is 1. The summed E-state index contributed by atoms with van der Waals surface area (Å²) in [5, 5.41) is 2.76.